The lowest BCUT2D eigenvalue weighted by Crippen LogP contribution is -2.27. The van der Waals surface area contributed by atoms with Gasteiger partial charge in [0.25, 0.3) is 0 Å². The number of rotatable bonds is 7. The second-order valence-electron chi connectivity index (χ2n) is 6.51. The highest BCUT2D eigenvalue weighted by Crippen LogP contribution is 2.25. The fourth-order valence-electron chi connectivity index (χ4n) is 3.21. The maximum absolute atomic E-state index is 4.66. The van der Waals surface area contributed by atoms with Crippen molar-refractivity contribution in [3.8, 4) is 0 Å². The monoisotopic (exact) mass is 289 g/mol. The minimum atomic E-state index is 0.384. The van der Waals surface area contributed by atoms with Crippen LogP contribution in [-0.2, 0) is 0 Å². The average Bonchev–Trinajstić information content (AvgIpc) is 2.53. The number of hydrogen-bond donors (Lipinski definition) is 1. The Bertz CT molecular complexity index is 395. The van der Waals surface area contributed by atoms with Gasteiger partial charge in [0.15, 0.2) is 0 Å². The number of nitrogens with one attached hydrogen (secondary N) is 1. The molecular formula is C18H31N3. The molecular weight excluding hydrogens is 258 g/mol. The minimum Gasteiger partial charge on any atom is -0.359 e. The second kappa shape index (κ2) is 8.38. The topological polar surface area (TPSA) is 28.2 Å². The lowest BCUT2D eigenvalue weighted by Gasteiger charge is -2.27. The molecule has 118 valence electrons. The van der Waals surface area contributed by atoms with Gasteiger partial charge in [-0.15, -0.1) is 0 Å². The molecule has 0 amide bonds. The Labute approximate surface area is 130 Å². The number of hydrogen-bond acceptors (Lipinski definition) is 3. The highest BCUT2D eigenvalue weighted by atomic mass is 15.2. The molecule has 3 heteroatoms. The van der Waals surface area contributed by atoms with Crippen molar-refractivity contribution in [2.24, 2.45) is 5.92 Å². The maximum atomic E-state index is 4.66. The van der Waals surface area contributed by atoms with Crippen LogP contribution in [0.3, 0.4) is 0 Å². The lowest BCUT2D eigenvalue weighted by molar-refractivity contribution is 0.361. The van der Waals surface area contributed by atoms with Gasteiger partial charge in [0, 0.05) is 25.8 Å². The third-order valence-electron chi connectivity index (χ3n) is 4.62. The van der Waals surface area contributed by atoms with Gasteiger partial charge in [-0.3, -0.25) is 0 Å². The van der Waals surface area contributed by atoms with E-state index in [4.69, 9.17) is 0 Å². The Hall–Kier alpha value is -1.09. The fraction of sp³-hybridized carbons (Fsp3) is 0.722. The highest BCUT2D eigenvalue weighted by molar-refractivity contribution is 5.38. The Morgan fingerprint density at radius 2 is 2.05 bits per heavy atom. The molecule has 1 aliphatic carbocycles. The normalized spacial score (nSPS) is 17.7. The SMILES string of the molecule is CCCNC(C)c1ccc(N(C)CC2CCCCC2)nc1. The summed E-state index contributed by atoms with van der Waals surface area (Å²) in [6.45, 7) is 6.61. The summed E-state index contributed by atoms with van der Waals surface area (Å²) in [5.41, 5.74) is 1.28. The number of aromatic nitrogens is 1. The zero-order valence-electron chi connectivity index (χ0n) is 13.9. The Balaban J connectivity index is 1.88. The number of anilines is 1. The molecule has 1 unspecified atom stereocenters. The van der Waals surface area contributed by atoms with Gasteiger partial charge in [-0.2, -0.15) is 0 Å². The quantitative estimate of drug-likeness (QED) is 0.817. The molecule has 1 heterocycles. The van der Waals surface area contributed by atoms with E-state index in [2.05, 4.69) is 48.2 Å². The summed E-state index contributed by atoms with van der Waals surface area (Å²) in [4.78, 5) is 6.98. The van der Waals surface area contributed by atoms with E-state index in [1.54, 1.807) is 0 Å². The molecule has 0 aliphatic heterocycles. The van der Waals surface area contributed by atoms with E-state index in [1.807, 2.05) is 6.20 Å². The first-order valence-electron chi connectivity index (χ1n) is 8.61. The van der Waals surface area contributed by atoms with Gasteiger partial charge in [-0.1, -0.05) is 32.3 Å². The lowest BCUT2D eigenvalue weighted by atomic mass is 9.89. The summed E-state index contributed by atoms with van der Waals surface area (Å²) >= 11 is 0. The standard InChI is InChI=1S/C18H31N3/c1-4-12-19-15(2)17-10-11-18(20-13-17)21(3)14-16-8-6-5-7-9-16/h10-11,13,15-16,19H,4-9,12,14H2,1-3H3. The summed E-state index contributed by atoms with van der Waals surface area (Å²) in [6.07, 6.45) is 10.2. The molecule has 0 bridgehead atoms. The van der Waals surface area contributed by atoms with Crippen molar-refractivity contribution in [1.29, 1.82) is 0 Å². The molecule has 1 aromatic rings. The molecule has 1 N–H and O–H groups in total. The molecule has 0 radical (unpaired) electrons. The summed E-state index contributed by atoms with van der Waals surface area (Å²) in [5.74, 6) is 1.96. The Kier molecular flexibility index (Phi) is 6.50. The summed E-state index contributed by atoms with van der Waals surface area (Å²) in [7, 11) is 2.18. The van der Waals surface area contributed by atoms with Gasteiger partial charge in [0.1, 0.15) is 5.82 Å². The van der Waals surface area contributed by atoms with E-state index in [1.165, 1.54) is 44.1 Å². The minimum absolute atomic E-state index is 0.384. The average molecular weight is 289 g/mol. The van der Waals surface area contributed by atoms with Crippen LogP contribution in [0, 0.1) is 5.92 Å². The third-order valence-corrected chi connectivity index (χ3v) is 4.62. The van der Waals surface area contributed by atoms with Gasteiger partial charge >= 0.3 is 0 Å². The molecule has 0 saturated heterocycles. The summed E-state index contributed by atoms with van der Waals surface area (Å²) in [5, 5.41) is 3.51. The van der Waals surface area contributed by atoms with Gasteiger partial charge in [0.05, 0.1) is 0 Å². The Morgan fingerprint density at radius 3 is 2.67 bits per heavy atom. The van der Waals surface area contributed by atoms with Crippen molar-refractivity contribution in [1.82, 2.24) is 10.3 Å². The van der Waals surface area contributed by atoms with E-state index >= 15 is 0 Å². The van der Waals surface area contributed by atoms with Gasteiger partial charge < -0.3 is 10.2 Å². The highest BCUT2D eigenvalue weighted by Gasteiger charge is 2.16. The van der Waals surface area contributed by atoms with Crippen molar-refractivity contribution >= 4 is 5.82 Å². The number of nitrogens with zero attached hydrogens (tertiary/aromatic N) is 2. The summed E-state index contributed by atoms with van der Waals surface area (Å²) < 4.78 is 0. The van der Waals surface area contributed by atoms with Crippen molar-refractivity contribution in [2.45, 2.75) is 58.4 Å². The van der Waals surface area contributed by atoms with Crippen LogP contribution in [0.4, 0.5) is 5.82 Å². The Morgan fingerprint density at radius 1 is 1.29 bits per heavy atom. The van der Waals surface area contributed by atoms with Crippen LogP contribution < -0.4 is 10.2 Å². The molecule has 1 atom stereocenters. The van der Waals surface area contributed by atoms with Crippen LogP contribution >= 0.6 is 0 Å². The molecule has 1 fully saturated rings. The molecule has 1 aromatic heterocycles. The molecule has 3 nitrogen and oxygen atoms in total. The first kappa shape index (κ1) is 16.3. The van der Waals surface area contributed by atoms with Crippen molar-refractivity contribution < 1.29 is 0 Å². The second-order valence-corrected chi connectivity index (χ2v) is 6.51. The van der Waals surface area contributed by atoms with Gasteiger partial charge in [-0.05, 0) is 50.3 Å². The smallest absolute Gasteiger partial charge is 0.128 e. The van der Waals surface area contributed by atoms with E-state index in [0.717, 1.165) is 24.8 Å². The van der Waals surface area contributed by atoms with Crippen LogP contribution in [0.15, 0.2) is 18.3 Å². The number of pyridine rings is 1. The molecule has 21 heavy (non-hydrogen) atoms. The summed E-state index contributed by atoms with van der Waals surface area (Å²) in [6, 6.07) is 4.77. The van der Waals surface area contributed by atoms with E-state index < -0.39 is 0 Å². The third kappa shape index (κ3) is 4.99. The van der Waals surface area contributed by atoms with Crippen LogP contribution in [0.25, 0.3) is 0 Å². The maximum Gasteiger partial charge on any atom is 0.128 e. The molecule has 1 aliphatic rings. The van der Waals surface area contributed by atoms with Crippen molar-refractivity contribution in [2.75, 3.05) is 25.0 Å². The van der Waals surface area contributed by atoms with Crippen LogP contribution in [-0.4, -0.2) is 25.1 Å². The fourth-order valence-corrected chi connectivity index (χ4v) is 3.21. The zero-order chi connectivity index (χ0) is 15.1. The van der Waals surface area contributed by atoms with E-state index in [9.17, 15) is 0 Å². The van der Waals surface area contributed by atoms with Crippen molar-refractivity contribution in [3.63, 3.8) is 0 Å². The van der Waals surface area contributed by atoms with E-state index in [0.29, 0.717) is 6.04 Å². The molecule has 0 spiro atoms. The first-order valence-corrected chi connectivity index (χ1v) is 8.61. The molecule has 2 rings (SSSR count). The zero-order valence-corrected chi connectivity index (χ0v) is 13.9. The molecule has 0 aromatic carbocycles. The van der Waals surface area contributed by atoms with Crippen LogP contribution in [0.2, 0.25) is 0 Å². The van der Waals surface area contributed by atoms with Gasteiger partial charge in [0.2, 0.25) is 0 Å². The molecule has 1 saturated carbocycles. The van der Waals surface area contributed by atoms with Crippen LogP contribution in [0.5, 0.6) is 0 Å². The van der Waals surface area contributed by atoms with Gasteiger partial charge in [-0.25, -0.2) is 4.98 Å². The largest absolute Gasteiger partial charge is 0.359 e. The van der Waals surface area contributed by atoms with Crippen molar-refractivity contribution in [3.05, 3.63) is 23.9 Å². The first-order chi connectivity index (χ1) is 10.2. The van der Waals surface area contributed by atoms with Crippen LogP contribution in [0.1, 0.15) is 64.0 Å². The van der Waals surface area contributed by atoms with E-state index in [-0.39, 0.29) is 0 Å². The predicted molar refractivity (Wildman–Crippen MR) is 90.8 cm³/mol. The predicted octanol–water partition coefficient (Wildman–Crippen LogP) is 4.16.